The molecule has 1 unspecified atom stereocenters. The van der Waals surface area contributed by atoms with Gasteiger partial charge in [-0.3, -0.25) is 4.79 Å². The van der Waals surface area contributed by atoms with Crippen molar-refractivity contribution < 1.29 is 14.3 Å². The van der Waals surface area contributed by atoms with E-state index in [2.05, 4.69) is 20.6 Å². The van der Waals surface area contributed by atoms with E-state index < -0.39 is 0 Å². The van der Waals surface area contributed by atoms with Crippen molar-refractivity contribution in [3.8, 4) is 11.5 Å². The Labute approximate surface area is 163 Å². The Morgan fingerprint density at radius 2 is 1.71 bits per heavy atom. The smallest absolute Gasteiger partial charge is 0.270 e. The molecule has 3 rings (SSSR count). The fourth-order valence-corrected chi connectivity index (χ4v) is 2.71. The maximum absolute atomic E-state index is 12.6. The van der Waals surface area contributed by atoms with Crippen LogP contribution in [0.15, 0.2) is 60.9 Å². The lowest BCUT2D eigenvalue weighted by Gasteiger charge is -2.14. The molecule has 1 aromatic heterocycles. The number of methoxy groups -OCH3 is 2. The highest BCUT2D eigenvalue weighted by Gasteiger charge is 2.13. The van der Waals surface area contributed by atoms with Crippen molar-refractivity contribution in [1.82, 2.24) is 15.3 Å². The predicted octanol–water partition coefficient (Wildman–Crippen LogP) is 3.73. The number of nitrogens with one attached hydrogen (secondary N) is 2. The first-order valence-electron chi connectivity index (χ1n) is 8.77. The zero-order valence-electron chi connectivity index (χ0n) is 16.0. The van der Waals surface area contributed by atoms with E-state index in [9.17, 15) is 4.79 Å². The lowest BCUT2D eigenvalue weighted by atomic mass is 10.1. The molecule has 0 aliphatic rings. The maximum Gasteiger partial charge on any atom is 0.270 e. The fourth-order valence-electron chi connectivity index (χ4n) is 2.71. The Hall–Kier alpha value is -3.61. The minimum Gasteiger partial charge on any atom is -0.493 e. The average Bonchev–Trinajstić information content (AvgIpc) is 2.74. The van der Waals surface area contributed by atoms with E-state index in [0.717, 1.165) is 11.3 Å². The number of rotatable bonds is 7. The molecule has 1 amide bonds. The second-order valence-electron chi connectivity index (χ2n) is 6.09. The van der Waals surface area contributed by atoms with Gasteiger partial charge < -0.3 is 20.1 Å². The number of hydrogen-bond donors (Lipinski definition) is 2. The van der Waals surface area contributed by atoms with E-state index in [0.29, 0.717) is 17.3 Å². The van der Waals surface area contributed by atoms with Crippen LogP contribution in [0.5, 0.6) is 11.5 Å². The third-order valence-corrected chi connectivity index (χ3v) is 4.20. The van der Waals surface area contributed by atoms with Crippen LogP contribution in [0, 0.1) is 0 Å². The van der Waals surface area contributed by atoms with Gasteiger partial charge in [0.15, 0.2) is 11.5 Å². The summed E-state index contributed by atoms with van der Waals surface area (Å²) >= 11 is 0. The molecule has 0 aliphatic heterocycles. The van der Waals surface area contributed by atoms with Crippen LogP contribution in [0.1, 0.15) is 29.0 Å². The van der Waals surface area contributed by atoms with Crippen molar-refractivity contribution in [1.29, 1.82) is 0 Å². The Morgan fingerprint density at radius 3 is 2.43 bits per heavy atom. The zero-order chi connectivity index (χ0) is 19.9. The monoisotopic (exact) mass is 378 g/mol. The normalized spacial score (nSPS) is 11.4. The molecular weight excluding hydrogens is 356 g/mol. The van der Waals surface area contributed by atoms with Gasteiger partial charge >= 0.3 is 0 Å². The highest BCUT2D eigenvalue weighted by atomic mass is 16.5. The van der Waals surface area contributed by atoms with Gasteiger partial charge in [0.05, 0.1) is 20.3 Å². The van der Waals surface area contributed by atoms with Gasteiger partial charge in [0.2, 0.25) is 0 Å². The number of nitrogens with zero attached hydrogens (tertiary/aromatic N) is 2. The molecule has 0 aliphatic carbocycles. The number of ether oxygens (including phenoxy) is 2. The number of hydrogen-bond acceptors (Lipinski definition) is 6. The van der Waals surface area contributed by atoms with Gasteiger partial charge in [-0.05, 0) is 24.6 Å². The molecule has 28 heavy (non-hydrogen) atoms. The van der Waals surface area contributed by atoms with E-state index >= 15 is 0 Å². The summed E-state index contributed by atoms with van der Waals surface area (Å²) in [5, 5.41) is 6.09. The summed E-state index contributed by atoms with van der Waals surface area (Å²) in [6.07, 6.45) is 1.35. The topological polar surface area (TPSA) is 85.4 Å². The zero-order valence-corrected chi connectivity index (χ0v) is 16.0. The first-order valence-corrected chi connectivity index (χ1v) is 8.77. The van der Waals surface area contributed by atoms with Crippen LogP contribution < -0.4 is 20.1 Å². The molecule has 1 atom stereocenters. The van der Waals surface area contributed by atoms with E-state index in [1.54, 1.807) is 32.4 Å². The van der Waals surface area contributed by atoms with Crippen LogP contribution in [0.2, 0.25) is 0 Å². The third kappa shape index (κ3) is 4.56. The molecule has 0 spiro atoms. The second-order valence-corrected chi connectivity index (χ2v) is 6.09. The van der Waals surface area contributed by atoms with Crippen molar-refractivity contribution in [3.63, 3.8) is 0 Å². The first kappa shape index (κ1) is 19.2. The molecule has 0 radical (unpaired) electrons. The highest BCUT2D eigenvalue weighted by Crippen LogP contribution is 2.30. The summed E-state index contributed by atoms with van der Waals surface area (Å²) < 4.78 is 10.5. The molecule has 1 heterocycles. The van der Waals surface area contributed by atoms with Crippen LogP contribution >= 0.6 is 0 Å². The van der Waals surface area contributed by atoms with Crippen LogP contribution in [-0.2, 0) is 0 Å². The quantitative estimate of drug-likeness (QED) is 0.652. The maximum atomic E-state index is 12.6. The molecule has 0 saturated heterocycles. The van der Waals surface area contributed by atoms with Crippen LogP contribution in [0.25, 0.3) is 0 Å². The van der Waals surface area contributed by atoms with E-state index in [4.69, 9.17) is 9.47 Å². The molecule has 144 valence electrons. The van der Waals surface area contributed by atoms with Crippen molar-refractivity contribution in [2.75, 3.05) is 19.5 Å². The van der Waals surface area contributed by atoms with Gasteiger partial charge in [0, 0.05) is 17.8 Å². The lowest BCUT2D eigenvalue weighted by Crippen LogP contribution is -2.27. The van der Waals surface area contributed by atoms with Gasteiger partial charge in [-0.25, -0.2) is 9.97 Å². The van der Waals surface area contributed by atoms with Gasteiger partial charge in [-0.1, -0.05) is 30.3 Å². The van der Waals surface area contributed by atoms with Crippen molar-refractivity contribution in [3.05, 3.63) is 72.2 Å². The average molecular weight is 378 g/mol. The number of aromatic nitrogens is 2. The van der Waals surface area contributed by atoms with Crippen LogP contribution in [-0.4, -0.2) is 30.1 Å². The summed E-state index contributed by atoms with van der Waals surface area (Å²) in [7, 11) is 3.15. The third-order valence-electron chi connectivity index (χ3n) is 4.20. The summed E-state index contributed by atoms with van der Waals surface area (Å²) in [6, 6.07) is 16.6. The molecule has 7 nitrogen and oxygen atoms in total. The highest BCUT2D eigenvalue weighted by molar-refractivity contribution is 5.93. The Kier molecular flexibility index (Phi) is 6.06. The Balaban J connectivity index is 1.72. The summed E-state index contributed by atoms with van der Waals surface area (Å²) in [5.41, 5.74) is 2.05. The Bertz CT molecular complexity index is 947. The van der Waals surface area contributed by atoms with Crippen molar-refractivity contribution in [2.24, 2.45) is 0 Å². The van der Waals surface area contributed by atoms with Crippen molar-refractivity contribution >= 4 is 17.4 Å². The van der Waals surface area contributed by atoms with E-state index in [-0.39, 0.29) is 17.6 Å². The molecular formula is C21H22N4O3. The van der Waals surface area contributed by atoms with Gasteiger partial charge in [0.1, 0.15) is 17.8 Å². The van der Waals surface area contributed by atoms with E-state index in [1.807, 2.05) is 43.3 Å². The molecule has 3 aromatic rings. The molecule has 0 fully saturated rings. The minimum atomic E-state index is -0.269. The van der Waals surface area contributed by atoms with Crippen molar-refractivity contribution in [2.45, 2.75) is 13.0 Å². The molecule has 2 N–H and O–H groups in total. The minimum absolute atomic E-state index is 0.133. The number of amides is 1. The number of benzene rings is 2. The Morgan fingerprint density at radius 1 is 0.964 bits per heavy atom. The number of carbonyl (C=O) groups excluding carboxylic acids is 1. The first-order chi connectivity index (χ1) is 13.6. The number of anilines is 2. The largest absolute Gasteiger partial charge is 0.493 e. The standard InChI is InChI=1S/C21H22N4O3/c1-14(15-7-5-4-6-8-15)24-21(26)17-12-20(23-13-22-17)25-16-9-10-18(27-2)19(11-16)28-3/h4-14H,1-3H3,(H,24,26)(H,22,23,25). The van der Waals surface area contributed by atoms with Crippen LogP contribution in [0.4, 0.5) is 11.5 Å². The molecule has 0 saturated carbocycles. The fraction of sp³-hybridized carbons (Fsp3) is 0.190. The summed E-state index contributed by atoms with van der Waals surface area (Å²) in [5.74, 6) is 1.45. The van der Waals surface area contributed by atoms with E-state index in [1.165, 1.54) is 6.33 Å². The lowest BCUT2D eigenvalue weighted by molar-refractivity contribution is 0.0934. The molecule has 2 aromatic carbocycles. The van der Waals surface area contributed by atoms with Gasteiger partial charge in [-0.2, -0.15) is 0 Å². The van der Waals surface area contributed by atoms with Gasteiger partial charge in [-0.15, -0.1) is 0 Å². The molecule has 0 bridgehead atoms. The predicted molar refractivity (Wildman–Crippen MR) is 107 cm³/mol. The number of carbonyl (C=O) groups is 1. The summed E-state index contributed by atoms with van der Waals surface area (Å²) in [6.45, 7) is 1.93. The SMILES string of the molecule is COc1ccc(Nc2cc(C(=O)NC(C)c3ccccc3)ncn2)cc1OC. The molecule has 7 heteroatoms. The van der Waals surface area contributed by atoms with Crippen LogP contribution in [0.3, 0.4) is 0 Å². The second kappa shape index (κ2) is 8.85. The summed E-state index contributed by atoms with van der Waals surface area (Å²) in [4.78, 5) is 20.8. The van der Waals surface area contributed by atoms with Gasteiger partial charge in [0.25, 0.3) is 5.91 Å².